The number of benzene rings is 1. The van der Waals surface area contributed by atoms with Gasteiger partial charge in [-0.25, -0.2) is 4.79 Å². The minimum Gasteiger partial charge on any atom is -0.339 e. The number of carbonyl (C=O) groups excluding carboxylic acids is 2. The second kappa shape index (κ2) is 10.5. The molecular weight excluding hydrogens is 364 g/mol. The Morgan fingerprint density at radius 1 is 1.11 bits per heavy atom. The van der Waals surface area contributed by atoms with E-state index in [1.165, 1.54) is 6.42 Å². The monoisotopic (exact) mass is 394 g/mol. The summed E-state index contributed by atoms with van der Waals surface area (Å²) in [4.78, 5) is 30.5. The summed E-state index contributed by atoms with van der Waals surface area (Å²) in [5.41, 5.74) is 1.12. The van der Waals surface area contributed by atoms with Crippen molar-refractivity contribution in [1.29, 1.82) is 0 Å². The lowest BCUT2D eigenvalue weighted by molar-refractivity contribution is -0.132. The smallest absolute Gasteiger partial charge is 0.320 e. The first-order valence-corrected chi connectivity index (χ1v) is 9.66. The third kappa shape index (κ3) is 6.11. The maximum Gasteiger partial charge on any atom is 0.320 e. The minimum absolute atomic E-state index is 0. The van der Waals surface area contributed by atoms with Crippen molar-refractivity contribution in [1.82, 2.24) is 20.0 Å². The van der Waals surface area contributed by atoms with E-state index in [0.29, 0.717) is 45.1 Å². The van der Waals surface area contributed by atoms with Crippen LogP contribution in [0.1, 0.15) is 24.8 Å². The molecule has 2 fully saturated rings. The zero-order valence-corrected chi connectivity index (χ0v) is 16.9. The molecule has 2 aliphatic heterocycles. The summed E-state index contributed by atoms with van der Waals surface area (Å²) >= 11 is 0. The molecule has 3 amide bonds. The molecule has 0 radical (unpaired) electrons. The Kier molecular flexibility index (Phi) is 8.38. The van der Waals surface area contributed by atoms with E-state index < -0.39 is 0 Å². The van der Waals surface area contributed by atoms with Crippen LogP contribution < -0.4 is 5.32 Å². The molecule has 1 atom stereocenters. The SMILES string of the molecule is CN(Cc1ccccc1)C(=O)N1CCN(C(=O)CCC2CCNC2)CC1.Cl. The highest BCUT2D eigenvalue weighted by molar-refractivity contribution is 5.85. The van der Waals surface area contributed by atoms with Crippen molar-refractivity contribution in [2.45, 2.75) is 25.8 Å². The van der Waals surface area contributed by atoms with Gasteiger partial charge in [0.25, 0.3) is 0 Å². The summed E-state index contributed by atoms with van der Waals surface area (Å²) in [5, 5.41) is 3.35. The van der Waals surface area contributed by atoms with Crippen molar-refractivity contribution < 1.29 is 9.59 Å². The molecule has 150 valence electrons. The van der Waals surface area contributed by atoms with Crippen LogP contribution in [0.4, 0.5) is 4.79 Å². The van der Waals surface area contributed by atoms with Gasteiger partial charge in [-0.3, -0.25) is 4.79 Å². The molecule has 1 aromatic rings. The van der Waals surface area contributed by atoms with Gasteiger partial charge in [0.1, 0.15) is 0 Å². The lowest BCUT2D eigenvalue weighted by atomic mass is 10.0. The highest BCUT2D eigenvalue weighted by Crippen LogP contribution is 2.16. The fourth-order valence-electron chi connectivity index (χ4n) is 3.76. The predicted octanol–water partition coefficient (Wildman–Crippen LogP) is 2.19. The largest absolute Gasteiger partial charge is 0.339 e. The normalized spacial score (nSPS) is 19.5. The number of piperazine rings is 1. The van der Waals surface area contributed by atoms with Crippen LogP contribution in [0.2, 0.25) is 0 Å². The first-order valence-electron chi connectivity index (χ1n) is 9.66. The van der Waals surface area contributed by atoms with Gasteiger partial charge in [0, 0.05) is 46.2 Å². The Hall–Kier alpha value is -1.79. The van der Waals surface area contributed by atoms with E-state index in [9.17, 15) is 9.59 Å². The van der Waals surface area contributed by atoms with E-state index in [-0.39, 0.29) is 24.3 Å². The standard InChI is InChI=1S/C20H30N4O2.ClH/c1-22(16-18-5-3-2-4-6-18)20(26)24-13-11-23(12-14-24)19(25)8-7-17-9-10-21-15-17;/h2-6,17,21H,7-16H2,1H3;1H. The number of halogens is 1. The van der Waals surface area contributed by atoms with Crippen LogP contribution in [0.5, 0.6) is 0 Å². The van der Waals surface area contributed by atoms with E-state index >= 15 is 0 Å². The van der Waals surface area contributed by atoms with Crippen molar-refractivity contribution in [3.8, 4) is 0 Å². The zero-order chi connectivity index (χ0) is 18.4. The van der Waals surface area contributed by atoms with E-state index in [2.05, 4.69) is 5.32 Å². The molecule has 27 heavy (non-hydrogen) atoms. The van der Waals surface area contributed by atoms with Gasteiger partial charge in [-0.05, 0) is 37.4 Å². The van der Waals surface area contributed by atoms with Crippen LogP contribution in [0.15, 0.2) is 30.3 Å². The van der Waals surface area contributed by atoms with E-state index in [4.69, 9.17) is 0 Å². The Labute approximate surface area is 168 Å². The number of rotatable bonds is 5. The molecule has 0 aromatic heterocycles. The molecule has 0 bridgehead atoms. The van der Waals surface area contributed by atoms with Gasteiger partial charge in [0.15, 0.2) is 0 Å². The maximum absolute atomic E-state index is 12.6. The van der Waals surface area contributed by atoms with E-state index in [1.54, 1.807) is 4.90 Å². The number of amides is 3. The van der Waals surface area contributed by atoms with Crippen molar-refractivity contribution in [2.75, 3.05) is 46.3 Å². The van der Waals surface area contributed by atoms with Gasteiger partial charge >= 0.3 is 6.03 Å². The second-order valence-corrected chi connectivity index (χ2v) is 7.39. The number of carbonyl (C=O) groups is 2. The molecule has 3 rings (SSSR count). The second-order valence-electron chi connectivity index (χ2n) is 7.39. The third-order valence-corrected chi connectivity index (χ3v) is 5.42. The Bertz CT molecular complexity index is 599. The molecule has 0 aliphatic carbocycles. The van der Waals surface area contributed by atoms with E-state index in [0.717, 1.165) is 25.1 Å². The Morgan fingerprint density at radius 2 is 1.78 bits per heavy atom. The van der Waals surface area contributed by atoms with Crippen molar-refractivity contribution in [3.05, 3.63) is 35.9 Å². The van der Waals surface area contributed by atoms with Crippen molar-refractivity contribution in [3.63, 3.8) is 0 Å². The highest BCUT2D eigenvalue weighted by atomic mass is 35.5. The highest BCUT2D eigenvalue weighted by Gasteiger charge is 2.26. The molecule has 1 unspecified atom stereocenters. The Balaban J connectivity index is 0.00000261. The predicted molar refractivity (Wildman–Crippen MR) is 109 cm³/mol. The zero-order valence-electron chi connectivity index (χ0n) is 16.1. The number of hydrogen-bond acceptors (Lipinski definition) is 3. The van der Waals surface area contributed by atoms with Gasteiger partial charge in [0.05, 0.1) is 0 Å². The first-order chi connectivity index (χ1) is 12.6. The number of hydrogen-bond donors (Lipinski definition) is 1. The van der Waals surface area contributed by atoms with Gasteiger partial charge < -0.3 is 20.0 Å². The average Bonchev–Trinajstić information content (AvgIpc) is 3.20. The first kappa shape index (κ1) is 21.5. The molecule has 0 spiro atoms. The lowest BCUT2D eigenvalue weighted by Gasteiger charge is -2.36. The van der Waals surface area contributed by atoms with Crippen LogP contribution >= 0.6 is 12.4 Å². The molecule has 7 heteroatoms. The van der Waals surface area contributed by atoms with Crippen LogP contribution in [0, 0.1) is 5.92 Å². The summed E-state index contributed by atoms with van der Waals surface area (Å²) in [7, 11) is 1.84. The fourth-order valence-corrected chi connectivity index (χ4v) is 3.76. The lowest BCUT2D eigenvalue weighted by Crippen LogP contribution is -2.53. The fraction of sp³-hybridized carbons (Fsp3) is 0.600. The number of nitrogens with one attached hydrogen (secondary N) is 1. The summed E-state index contributed by atoms with van der Waals surface area (Å²) in [6.07, 6.45) is 2.79. The molecule has 6 nitrogen and oxygen atoms in total. The summed E-state index contributed by atoms with van der Waals surface area (Å²) < 4.78 is 0. The van der Waals surface area contributed by atoms with Gasteiger partial charge in [-0.2, -0.15) is 0 Å². The maximum atomic E-state index is 12.6. The molecule has 2 heterocycles. The molecule has 2 aliphatic rings. The molecule has 1 aromatic carbocycles. The van der Waals surface area contributed by atoms with Gasteiger partial charge in [-0.1, -0.05) is 30.3 Å². The van der Waals surface area contributed by atoms with Crippen LogP contribution in [-0.2, 0) is 11.3 Å². The quantitative estimate of drug-likeness (QED) is 0.832. The number of urea groups is 1. The van der Waals surface area contributed by atoms with Crippen LogP contribution in [0.3, 0.4) is 0 Å². The van der Waals surface area contributed by atoms with Crippen LogP contribution in [-0.4, -0.2) is 73.0 Å². The van der Waals surface area contributed by atoms with E-state index in [1.807, 2.05) is 47.2 Å². The Morgan fingerprint density at radius 3 is 2.41 bits per heavy atom. The van der Waals surface area contributed by atoms with Crippen molar-refractivity contribution >= 4 is 24.3 Å². The van der Waals surface area contributed by atoms with Crippen LogP contribution in [0.25, 0.3) is 0 Å². The minimum atomic E-state index is 0. The number of nitrogens with zero attached hydrogens (tertiary/aromatic N) is 3. The van der Waals surface area contributed by atoms with Gasteiger partial charge in [0.2, 0.25) is 5.91 Å². The molecule has 1 N–H and O–H groups in total. The third-order valence-electron chi connectivity index (χ3n) is 5.42. The molecule has 0 saturated carbocycles. The van der Waals surface area contributed by atoms with Gasteiger partial charge in [-0.15, -0.1) is 12.4 Å². The average molecular weight is 395 g/mol. The summed E-state index contributed by atoms with van der Waals surface area (Å²) in [5.74, 6) is 0.884. The van der Waals surface area contributed by atoms with Crippen molar-refractivity contribution in [2.24, 2.45) is 5.92 Å². The molecular formula is C20H31ClN4O2. The molecule has 2 saturated heterocycles. The summed E-state index contributed by atoms with van der Waals surface area (Å²) in [6.45, 7) is 5.26. The summed E-state index contributed by atoms with van der Waals surface area (Å²) in [6, 6.07) is 10.0. The topological polar surface area (TPSA) is 55.9 Å².